The first-order valence-electron chi connectivity index (χ1n) is 40.3. The number of fused-ring (bicyclic) bond motifs is 9. The monoisotopic (exact) mass is 1410 g/mol. The lowest BCUT2D eigenvalue weighted by Gasteiger charge is -2.33. The Hall–Kier alpha value is -11.5. The molecule has 0 bridgehead atoms. The molecule has 2 aliphatic carbocycles. The number of rotatable bonds is 28. The Morgan fingerprint density at radius 2 is 0.862 bits per heavy atom. The lowest BCUT2D eigenvalue weighted by molar-refractivity contribution is 0.398. The van der Waals surface area contributed by atoms with E-state index < -0.39 is 0 Å². The normalized spacial score (nSPS) is 13.4. The van der Waals surface area contributed by atoms with E-state index in [0.29, 0.717) is 0 Å². The zero-order chi connectivity index (χ0) is 74.2. The van der Waals surface area contributed by atoms with Crippen LogP contribution in [0.4, 0.5) is 28.4 Å². The predicted octanol–water partition coefficient (Wildman–Crippen LogP) is 31.2. The maximum Gasteiger partial charge on any atom is 0.159 e. The van der Waals surface area contributed by atoms with E-state index in [1.165, 1.54) is 195 Å². The SMILES string of the molecule is C=C/C=C/C=C(/C)N(c1ccc2ccc3c(N(c4ccc(CC=C)cc4)c4ccc(-c5cccc(-c6cccc(-c7ccc8c(c7)C(C)(C)c7cc(-c9ccc%10c(c9)C(CCCCCCCC)(CCCCCCCC)c9ccccc9-%10)ccc7-8)c6)c5)cc4)ccc4ccc1c2c43)c1cccc2c1oc1ccccc12. The molecule has 3 nitrogen and oxygen atoms in total. The minimum atomic E-state index is -0.192. The van der Waals surface area contributed by atoms with Crippen molar-refractivity contribution in [3.63, 3.8) is 0 Å². The van der Waals surface area contributed by atoms with Gasteiger partial charge in [0.2, 0.25) is 0 Å². The van der Waals surface area contributed by atoms with Crippen molar-refractivity contribution in [1.29, 1.82) is 0 Å². The Morgan fingerprint density at radius 1 is 0.385 bits per heavy atom. The average molecular weight is 1420 g/mol. The summed E-state index contributed by atoms with van der Waals surface area (Å²) in [4.78, 5) is 4.80. The zero-order valence-electron chi connectivity index (χ0n) is 64.1. The molecule has 0 fully saturated rings. The summed E-state index contributed by atoms with van der Waals surface area (Å²) < 4.78 is 6.76. The third-order valence-electron chi connectivity index (χ3n) is 24.3. The van der Waals surface area contributed by atoms with Gasteiger partial charge in [-0.05, 0) is 227 Å². The first kappa shape index (κ1) is 70.5. The molecule has 0 N–H and O–H groups in total. The van der Waals surface area contributed by atoms with Crippen LogP contribution in [0.1, 0.15) is 152 Å². The Morgan fingerprint density at radius 3 is 1.47 bits per heavy atom. The van der Waals surface area contributed by atoms with E-state index in [0.717, 1.165) is 73.4 Å². The summed E-state index contributed by atoms with van der Waals surface area (Å²) in [5.41, 5.74) is 30.5. The van der Waals surface area contributed by atoms with Gasteiger partial charge < -0.3 is 14.2 Å². The van der Waals surface area contributed by atoms with E-state index in [2.05, 4.69) is 331 Å². The van der Waals surface area contributed by atoms with Crippen LogP contribution in [0.5, 0.6) is 0 Å². The third-order valence-corrected chi connectivity index (χ3v) is 24.3. The quantitative estimate of drug-likeness (QED) is 0.0211. The van der Waals surface area contributed by atoms with E-state index in [1.807, 2.05) is 24.3 Å². The van der Waals surface area contributed by atoms with Gasteiger partial charge in [-0.3, -0.25) is 0 Å². The molecule has 0 saturated carbocycles. The van der Waals surface area contributed by atoms with Gasteiger partial charge in [0, 0.05) is 49.4 Å². The standard InChI is InChI=1S/C106H98N2O/c1-8-12-15-17-19-26-65-106(66-27-20-18-16-13-9-2)94-40-24-22-37-86(94)89-60-51-83(71-97(89)106)82-50-59-88-87-58-49-81(69-95(87)105(6,7)96(88)70-82)80-36-29-35-79(68-80)78-34-28-33-77(67-78)74-45-56-85(57-46-74)108(84-54-43-73(31-11-4)44-55-84)99-64-53-76-47-61-92-98(63-52-75-48-62-93(99)103(76)102(75)92)107(72(5)32-21-14-10-3)100-41-30-39-91-90-38-23-25-42-101(90)109-104(91)100/h10-11,14,21-25,28-30,32-64,67-71H,3-4,8-9,12-13,15-20,26-27,31,65-66H2,1-2,5-7H3/b21-14+,72-32-. The predicted molar refractivity (Wildman–Crippen MR) is 469 cm³/mol. The summed E-state index contributed by atoms with van der Waals surface area (Å²) in [6, 6.07) is 101. The van der Waals surface area contributed by atoms with E-state index in [1.54, 1.807) is 11.1 Å². The molecule has 1 aromatic heterocycles. The molecule has 0 radical (unpaired) electrons. The molecule has 0 saturated heterocycles. The van der Waals surface area contributed by atoms with Crippen molar-refractivity contribution in [2.45, 2.75) is 142 Å². The minimum absolute atomic E-state index is 0.0457. The summed E-state index contributed by atoms with van der Waals surface area (Å²) in [7, 11) is 0. The first-order chi connectivity index (χ1) is 53.5. The van der Waals surface area contributed by atoms with Gasteiger partial charge in [-0.15, -0.1) is 6.58 Å². The van der Waals surface area contributed by atoms with E-state index in [4.69, 9.17) is 4.42 Å². The van der Waals surface area contributed by atoms with Crippen LogP contribution in [0, 0.1) is 0 Å². The molecule has 3 heteroatoms. The van der Waals surface area contributed by atoms with Crippen molar-refractivity contribution >= 4 is 82.7 Å². The van der Waals surface area contributed by atoms with Crippen LogP contribution in [0.25, 0.3) is 121 Å². The molecular formula is C106H98N2O. The Kier molecular flexibility index (Phi) is 19.6. The molecular weight excluding hydrogens is 1320 g/mol. The number of benzene rings is 14. The van der Waals surface area contributed by atoms with E-state index in [9.17, 15) is 0 Å². The van der Waals surface area contributed by atoms with Crippen LogP contribution in [-0.4, -0.2) is 0 Å². The van der Waals surface area contributed by atoms with Crippen LogP contribution < -0.4 is 9.80 Å². The smallest absolute Gasteiger partial charge is 0.159 e. The van der Waals surface area contributed by atoms with Crippen molar-refractivity contribution in [2.24, 2.45) is 0 Å². The van der Waals surface area contributed by atoms with Crippen LogP contribution in [0.2, 0.25) is 0 Å². The van der Waals surface area contributed by atoms with Gasteiger partial charge >= 0.3 is 0 Å². The molecule has 14 aromatic carbocycles. The molecule has 538 valence electrons. The maximum absolute atomic E-state index is 6.76. The minimum Gasteiger partial charge on any atom is -0.454 e. The molecule has 17 rings (SSSR count). The molecule has 0 spiro atoms. The van der Waals surface area contributed by atoms with Crippen molar-refractivity contribution in [3.05, 3.63) is 344 Å². The fourth-order valence-electron chi connectivity index (χ4n) is 18.7. The summed E-state index contributed by atoms with van der Waals surface area (Å²) in [6.07, 6.45) is 29.1. The zero-order valence-corrected chi connectivity index (χ0v) is 64.1. The molecule has 2 aliphatic rings. The molecule has 0 unspecified atom stereocenters. The number of nitrogens with zero attached hydrogens (tertiary/aromatic N) is 2. The van der Waals surface area contributed by atoms with Gasteiger partial charge in [0.1, 0.15) is 5.58 Å². The van der Waals surface area contributed by atoms with Crippen molar-refractivity contribution < 1.29 is 4.42 Å². The van der Waals surface area contributed by atoms with Crippen LogP contribution >= 0.6 is 0 Å². The molecule has 1 heterocycles. The van der Waals surface area contributed by atoms with E-state index >= 15 is 0 Å². The molecule has 109 heavy (non-hydrogen) atoms. The van der Waals surface area contributed by atoms with Gasteiger partial charge in [0.05, 0.1) is 17.1 Å². The van der Waals surface area contributed by atoms with Crippen molar-refractivity contribution in [3.8, 4) is 66.8 Å². The highest BCUT2D eigenvalue weighted by atomic mass is 16.3. The Labute approximate surface area is 645 Å². The largest absolute Gasteiger partial charge is 0.454 e. The second kappa shape index (κ2) is 30.3. The van der Waals surface area contributed by atoms with Crippen molar-refractivity contribution in [1.82, 2.24) is 0 Å². The van der Waals surface area contributed by atoms with Crippen LogP contribution in [0.3, 0.4) is 0 Å². The average Bonchev–Trinajstić information content (AvgIpc) is 1.69. The number of hydrogen-bond acceptors (Lipinski definition) is 3. The summed E-state index contributed by atoms with van der Waals surface area (Å²) in [6.45, 7) is 19.8. The molecule has 15 aromatic rings. The number of furan rings is 1. The number of para-hydroxylation sites is 2. The topological polar surface area (TPSA) is 19.6 Å². The summed E-state index contributed by atoms with van der Waals surface area (Å²) >= 11 is 0. The third kappa shape index (κ3) is 13.0. The second-order valence-electron chi connectivity index (χ2n) is 31.4. The molecule has 0 atom stereocenters. The van der Waals surface area contributed by atoms with Gasteiger partial charge in [0.25, 0.3) is 0 Å². The lowest BCUT2D eigenvalue weighted by atomic mass is 9.70. The second-order valence-corrected chi connectivity index (χ2v) is 31.4. The van der Waals surface area contributed by atoms with Crippen LogP contribution in [0.15, 0.2) is 321 Å². The summed E-state index contributed by atoms with van der Waals surface area (Å²) in [5.74, 6) is 0. The highest BCUT2D eigenvalue weighted by Gasteiger charge is 2.43. The van der Waals surface area contributed by atoms with Crippen LogP contribution in [-0.2, 0) is 17.3 Å². The summed E-state index contributed by atoms with van der Waals surface area (Å²) in [5, 5.41) is 9.34. The molecule has 0 aliphatic heterocycles. The molecule has 0 amide bonds. The Balaban J connectivity index is 0.665. The number of hydrogen-bond donors (Lipinski definition) is 0. The lowest BCUT2D eigenvalue weighted by Crippen LogP contribution is -2.25. The number of unbranched alkanes of at least 4 members (excludes halogenated alkanes) is 10. The maximum atomic E-state index is 6.76. The van der Waals surface area contributed by atoms with Gasteiger partial charge in [-0.25, -0.2) is 0 Å². The fraction of sp³-hybridized carbons (Fsp3) is 0.208. The Bertz CT molecular complexity index is 5960. The highest BCUT2D eigenvalue weighted by molar-refractivity contribution is 6.28. The van der Waals surface area contributed by atoms with Gasteiger partial charge in [-0.2, -0.15) is 0 Å². The fourth-order valence-corrected chi connectivity index (χ4v) is 18.7. The number of anilines is 5. The van der Waals surface area contributed by atoms with Gasteiger partial charge in [0.15, 0.2) is 5.58 Å². The number of allylic oxidation sites excluding steroid dienone is 6. The highest BCUT2D eigenvalue weighted by Crippen LogP contribution is 2.57. The van der Waals surface area contributed by atoms with Crippen molar-refractivity contribution in [2.75, 3.05) is 9.80 Å². The van der Waals surface area contributed by atoms with E-state index in [-0.39, 0.29) is 10.8 Å². The van der Waals surface area contributed by atoms with Gasteiger partial charge in [-0.1, -0.05) is 324 Å². The first-order valence-corrected chi connectivity index (χ1v) is 40.3.